The van der Waals surface area contributed by atoms with Crippen LogP contribution in [0.3, 0.4) is 0 Å². The van der Waals surface area contributed by atoms with Crippen LogP contribution in [0, 0.1) is 5.41 Å². The molecule has 3 aromatic rings. The molecule has 5 rings (SSSR count). The first-order valence-corrected chi connectivity index (χ1v) is 13.9. The monoisotopic (exact) mass is 521 g/mol. The Morgan fingerprint density at radius 3 is 2.53 bits per heavy atom. The van der Waals surface area contributed by atoms with Crippen molar-refractivity contribution in [3.05, 3.63) is 76.0 Å². The molecule has 1 aliphatic heterocycles. The lowest BCUT2D eigenvalue weighted by Crippen LogP contribution is -2.36. The minimum Gasteiger partial charge on any atom is -0.372 e. The Balaban J connectivity index is 1.52. The number of carbonyl (C=O) groups excluding carboxylic acids is 1. The maximum Gasteiger partial charge on any atom is 0.227 e. The van der Waals surface area contributed by atoms with E-state index < -0.39 is 0 Å². The summed E-state index contributed by atoms with van der Waals surface area (Å²) in [6.07, 6.45) is 1.33. The molecule has 8 heteroatoms. The second kappa shape index (κ2) is 9.94. The van der Waals surface area contributed by atoms with Gasteiger partial charge in [0.2, 0.25) is 11.1 Å². The molecule has 0 fully saturated rings. The highest BCUT2D eigenvalue weighted by molar-refractivity contribution is 7.98. The minimum absolute atomic E-state index is 0.0933. The van der Waals surface area contributed by atoms with Crippen LogP contribution >= 0.6 is 23.4 Å². The fraction of sp³-hybridized carbons (Fsp3) is 0.393. The maximum atomic E-state index is 13.5. The third-order valence-electron chi connectivity index (χ3n) is 6.96. The van der Waals surface area contributed by atoms with E-state index >= 15 is 0 Å². The molecule has 1 aromatic heterocycles. The van der Waals surface area contributed by atoms with Gasteiger partial charge >= 0.3 is 0 Å². The molecule has 0 spiro atoms. The Labute approximate surface area is 222 Å². The number of allylic oxidation sites excluding steroid dienone is 2. The van der Waals surface area contributed by atoms with E-state index in [1.165, 1.54) is 5.69 Å². The van der Waals surface area contributed by atoms with E-state index in [1.54, 1.807) is 11.8 Å². The molecule has 2 heterocycles. The molecule has 0 amide bonds. The zero-order valence-electron chi connectivity index (χ0n) is 21.2. The van der Waals surface area contributed by atoms with Crippen molar-refractivity contribution >= 4 is 40.8 Å². The molecule has 2 aromatic carbocycles. The van der Waals surface area contributed by atoms with Gasteiger partial charge in [-0.15, -0.1) is 5.10 Å². The molecule has 2 aliphatic rings. The van der Waals surface area contributed by atoms with Crippen molar-refractivity contribution in [2.24, 2.45) is 5.41 Å². The SMILES string of the molecule is CCN(CC)c1ccc(C2C3=C(CC(C)(C)CC3=O)Nc3nc(SCc4ccccc4Cl)nn32)cc1. The summed E-state index contributed by atoms with van der Waals surface area (Å²) in [4.78, 5) is 20.6. The molecule has 0 saturated carbocycles. The highest BCUT2D eigenvalue weighted by Crippen LogP contribution is 2.46. The van der Waals surface area contributed by atoms with Crippen LogP contribution in [0.4, 0.5) is 11.6 Å². The number of hydrogen-bond acceptors (Lipinski definition) is 6. The fourth-order valence-electron chi connectivity index (χ4n) is 5.17. The van der Waals surface area contributed by atoms with Crippen LogP contribution in [0.25, 0.3) is 0 Å². The standard InChI is InChI=1S/C28H32ClN5OS/c1-5-33(6-2)20-13-11-18(12-14-20)25-24-22(15-28(3,4)16-23(24)35)30-26-31-27(32-34(25)26)36-17-19-9-7-8-10-21(19)29/h7-14,25H,5-6,15-17H2,1-4H3,(H,30,31,32). The Morgan fingerprint density at radius 1 is 1.11 bits per heavy atom. The van der Waals surface area contributed by atoms with Gasteiger partial charge in [0, 0.05) is 47.2 Å². The summed E-state index contributed by atoms with van der Waals surface area (Å²) >= 11 is 7.90. The summed E-state index contributed by atoms with van der Waals surface area (Å²) in [6.45, 7) is 10.5. The van der Waals surface area contributed by atoms with Crippen LogP contribution in [0.2, 0.25) is 5.02 Å². The maximum absolute atomic E-state index is 13.5. The molecule has 0 saturated heterocycles. The van der Waals surface area contributed by atoms with Crippen LogP contribution in [0.15, 0.2) is 65.0 Å². The lowest BCUT2D eigenvalue weighted by atomic mass is 9.73. The number of benzene rings is 2. The number of fused-ring (bicyclic) bond motifs is 1. The average molecular weight is 522 g/mol. The second-order valence-electron chi connectivity index (χ2n) is 10.2. The molecule has 1 aliphatic carbocycles. The van der Waals surface area contributed by atoms with Crippen molar-refractivity contribution in [1.82, 2.24) is 14.8 Å². The molecular weight excluding hydrogens is 490 g/mol. The first-order chi connectivity index (χ1) is 17.3. The summed E-state index contributed by atoms with van der Waals surface area (Å²) in [7, 11) is 0. The lowest BCUT2D eigenvalue weighted by molar-refractivity contribution is -0.118. The first-order valence-electron chi connectivity index (χ1n) is 12.5. The molecule has 36 heavy (non-hydrogen) atoms. The zero-order chi connectivity index (χ0) is 25.4. The van der Waals surface area contributed by atoms with Gasteiger partial charge in [-0.2, -0.15) is 4.98 Å². The van der Waals surface area contributed by atoms with Gasteiger partial charge in [-0.1, -0.05) is 67.5 Å². The van der Waals surface area contributed by atoms with Crippen molar-refractivity contribution in [1.29, 1.82) is 0 Å². The fourth-order valence-corrected chi connectivity index (χ4v) is 6.29. The summed E-state index contributed by atoms with van der Waals surface area (Å²) < 4.78 is 1.89. The van der Waals surface area contributed by atoms with Gasteiger partial charge in [-0.3, -0.25) is 4.79 Å². The van der Waals surface area contributed by atoms with Gasteiger partial charge in [0.1, 0.15) is 6.04 Å². The van der Waals surface area contributed by atoms with E-state index in [0.29, 0.717) is 23.3 Å². The molecule has 0 radical (unpaired) electrons. The number of carbonyl (C=O) groups is 1. The number of nitrogens with one attached hydrogen (secondary N) is 1. The van der Waals surface area contributed by atoms with Gasteiger partial charge < -0.3 is 10.2 Å². The van der Waals surface area contributed by atoms with Gasteiger partial charge in [0.05, 0.1) is 0 Å². The van der Waals surface area contributed by atoms with E-state index in [2.05, 4.69) is 62.2 Å². The number of ketones is 1. The van der Waals surface area contributed by atoms with Crippen LogP contribution in [0.5, 0.6) is 0 Å². The van der Waals surface area contributed by atoms with E-state index in [9.17, 15) is 4.79 Å². The van der Waals surface area contributed by atoms with Crippen LogP contribution in [-0.2, 0) is 10.5 Å². The average Bonchev–Trinajstić information content (AvgIpc) is 3.25. The zero-order valence-corrected chi connectivity index (χ0v) is 22.8. The first kappa shape index (κ1) is 24.9. The number of anilines is 2. The third kappa shape index (κ3) is 4.78. The Morgan fingerprint density at radius 2 is 1.83 bits per heavy atom. The van der Waals surface area contributed by atoms with Crippen molar-refractivity contribution in [2.75, 3.05) is 23.3 Å². The molecule has 1 unspecified atom stereocenters. The highest BCUT2D eigenvalue weighted by atomic mass is 35.5. The second-order valence-corrected chi connectivity index (χ2v) is 11.5. The van der Waals surface area contributed by atoms with Crippen molar-refractivity contribution in [2.45, 2.75) is 57.5 Å². The Hall–Kier alpha value is -2.77. The van der Waals surface area contributed by atoms with E-state index in [0.717, 1.165) is 46.9 Å². The molecule has 188 valence electrons. The van der Waals surface area contributed by atoms with E-state index in [-0.39, 0.29) is 17.2 Å². The molecule has 1 atom stereocenters. The molecule has 1 N–H and O–H groups in total. The minimum atomic E-state index is -0.298. The normalized spacial score (nSPS) is 18.5. The smallest absolute Gasteiger partial charge is 0.227 e. The van der Waals surface area contributed by atoms with Crippen molar-refractivity contribution in [3.8, 4) is 0 Å². The Kier molecular flexibility index (Phi) is 6.88. The molecule has 0 bridgehead atoms. The predicted molar refractivity (Wildman–Crippen MR) is 148 cm³/mol. The molecular formula is C28H32ClN5OS. The number of halogens is 1. The quantitative estimate of drug-likeness (QED) is 0.348. The largest absolute Gasteiger partial charge is 0.372 e. The topological polar surface area (TPSA) is 63.1 Å². The van der Waals surface area contributed by atoms with Crippen molar-refractivity contribution in [3.63, 3.8) is 0 Å². The van der Waals surface area contributed by atoms with E-state index in [1.807, 2.05) is 28.9 Å². The highest BCUT2D eigenvalue weighted by Gasteiger charge is 2.41. The number of hydrogen-bond donors (Lipinski definition) is 1. The number of aromatic nitrogens is 3. The number of thioether (sulfide) groups is 1. The predicted octanol–water partition coefficient (Wildman–Crippen LogP) is 6.73. The summed E-state index contributed by atoms with van der Waals surface area (Å²) in [5.74, 6) is 1.53. The summed E-state index contributed by atoms with van der Waals surface area (Å²) in [5.41, 5.74) is 4.95. The van der Waals surface area contributed by atoms with Crippen LogP contribution in [0.1, 0.15) is 57.7 Å². The number of nitrogens with zero attached hydrogens (tertiary/aromatic N) is 4. The number of rotatable bonds is 7. The summed E-state index contributed by atoms with van der Waals surface area (Å²) in [6, 6.07) is 16.1. The van der Waals surface area contributed by atoms with Crippen LogP contribution < -0.4 is 10.2 Å². The van der Waals surface area contributed by atoms with E-state index in [4.69, 9.17) is 21.7 Å². The van der Waals surface area contributed by atoms with Gasteiger partial charge in [-0.05, 0) is 55.0 Å². The third-order valence-corrected chi connectivity index (χ3v) is 8.22. The summed E-state index contributed by atoms with van der Waals surface area (Å²) in [5, 5.41) is 9.73. The van der Waals surface area contributed by atoms with Gasteiger partial charge in [0.25, 0.3) is 0 Å². The van der Waals surface area contributed by atoms with Gasteiger partial charge in [-0.25, -0.2) is 4.68 Å². The lowest BCUT2D eigenvalue weighted by Gasteiger charge is -2.38. The Bertz CT molecular complexity index is 1310. The van der Waals surface area contributed by atoms with Crippen LogP contribution in [-0.4, -0.2) is 33.6 Å². The number of Topliss-reactive ketones (excluding diaryl/α,β-unsaturated/α-hetero) is 1. The van der Waals surface area contributed by atoms with Crippen molar-refractivity contribution < 1.29 is 4.79 Å². The van der Waals surface area contributed by atoms with Gasteiger partial charge in [0.15, 0.2) is 5.78 Å². The molecule has 6 nitrogen and oxygen atoms in total.